The van der Waals surface area contributed by atoms with E-state index in [4.69, 9.17) is 11.6 Å². The summed E-state index contributed by atoms with van der Waals surface area (Å²) in [5.74, 6) is 0.285. The van der Waals surface area contributed by atoms with E-state index in [9.17, 15) is 4.79 Å². The summed E-state index contributed by atoms with van der Waals surface area (Å²) in [5, 5.41) is 6.96. The number of nitrogens with one attached hydrogen (secondary N) is 1. The van der Waals surface area contributed by atoms with E-state index in [0.717, 1.165) is 18.5 Å². The van der Waals surface area contributed by atoms with Gasteiger partial charge in [-0.3, -0.25) is 9.48 Å². The highest BCUT2D eigenvalue weighted by Crippen LogP contribution is 2.17. The van der Waals surface area contributed by atoms with E-state index in [-0.39, 0.29) is 11.3 Å². The standard InChI is InChI=1S/C13H22ClN3O/c1-5-10(6-2)11(14)8-15-13(18)12-7-9(3)17(4)16-12/h7,10-11H,5-6,8H2,1-4H3,(H,15,18). The van der Waals surface area contributed by atoms with Crippen molar-refractivity contribution in [1.29, 1.82) is 0 Å². The van der Waals surface area contributed by atoms with Crippen molar-refractivity contribution in [3.05, 3.63) is 17.5 Å². The molecule has 0 aliphatic rings. The van der Waals surface area contributed by atoms with Crippen LogP contribution < -0.4 is 5.32 Å². The van der Waals surface area contributed by atoms with Crippen LogP contribution in [-0.2, 0) is 7.05 Å². The Morgan fingerprint density at radius 3 is 2.56 bits per heavy atom. The van der Waals surface area contributed by atoms with Crippen LogP contribution in [0, 0.1) is 12.8 Å². The number of amides is 1. The molecule has 0 saturated carbocycles. The Bertz CT molecular complexity index is 379. The average molecular weight is 272 g/mol. The number of aryl methyl sites for hydroxylation is 2. The molecule has 0 aliphatic carbocycles. The Kier molecular flexibility index (Phi) is 5.66. The second-order valence-corrected chi connectivity index (χ2v) is 5.16. The van der Waals surface area contributed by atoms with Gasteiger partial charge in [-0.2, -0.15) is 5.10 Å². The van der Waals surface area contributed by atoms with Crippen molar-refractivity contribution in [1.82, 2.24) is 15.1 Å². The number of nitrogens with zero attached hydrogens (tertiary/aromatic N) is 2. The Hall–Kier alpha value is -1.03. The van der Waals surface area contributed by atoms with Gasteiger partial charge in [0.05, 0.1) is 5.38 Å². The van der Waals surface area contributed by atoms with Gasteiger partial charge in [0.2, 0.25) is 0 Å². The lowest BCUT2D eigenvalue weighted by Crippen LogP contribution is -2.33. The lowest BCUT2D eigenvalue weighted by atomic mass is 9.99. The normalized spacial score (nSPS) is 12.8. The van der Waals surface area contributed by atoms with Crippen molar-refractivity contribution in [2.24, 2.45) is 13.0 Å². The van der Waals surface area contributed by atoms with Gasteiger partial charge in [-0.15, -0.1) is 11.6 Å². The fourth-order valence-electron chi connectivity index (χ4n) is 1.92. The van der Waals surface area contributed by atoms with Crippen LogP contribution in [0.4, 0.5) is 0 Å². The van der Waals surface area contributed by atoms with Crippen LogP contribution in [0.1, 0.15) is 42.9 Å². The lowest BCUT2D eigenvalue weighted by Gasteiger charge is -2.19. The number of halogens is 1. The van der Waals surface area contributed by atoms with E-state index >= 15 is 0 Å². The van der Waals surface area contributed by atoms with Crippen molar-refractivity contribution in [2.45, 2.75) is 39.0 Å². The molecule has 1 aromatic heterocycles. The molecular weight excluding hydrogens is 250 g/mol. The topological polar surface area (TPSA) is 46.9 Å². The summed E-state index contributed by atoms with van der Waals surface area (Å²) in [5.41, 5.74) is 1.41. The third-order valence-corrected chi connectivity index (χ3v) is 3.87. The SMILES string of the molecule is CCC(CC)C(Cl)CNC(=O)c1cc(C)n(C)n1. The molecule has 0 bridgehead atoms. The first-order valence-corrected chi connectivity index (χ1v) is 6.86. The number of carbonyl (C=O) groups is 1. The predicted octanol–water partition coefficient (Wildman–Crippen LogP) is 2.50. The molecule has 1 N–H and O–H groups in total. The molecule has 0 radical (unpaired) electrons. The first-order chi connectivity index (χ1) is 8.49. The number of rotatable bonds is 6. The first-order valence-electron chi connectivity index (χ1n) is 6.42. The van der Waals surface area contributed by atoms with Gasteiger partial charge in [0.15, 0.2) is 0 Å². The molecule has 0 saturated heterocycles. The van der Waals surface area contributed by atoms with Crippen molar-refractivity contribution in [3.63, 3.8) is 0 Å². The zero-order valence-corrected chi connectivity index (χ0v) is 12.3. The Morgan fingerprint density at radius 2 is 2.11 bits per heavy atom. The average Bonchev–Trinajstić information content (AvgIpc) is 2.68. The minimum absolute atomic E-state index is 0.0197. The fourth-order valence-corrected chi connectivity index (χ4v) is 2.35. The van der Waals surface area contributed by atoms with E-state index in [1.807, 2.05) is 14.0 Å². The van der Waals surface area contributed by atoms with E-state index < -0.39 is 0 Å². The molecule has 1 rings (SSSR count). The molecule has 1 heterocycles. The van der Waals surface area contributed by atoms with Crippen LogP contribution in [0.25, 0.3) is 0 Å². The number of hydrogen-bond donors (Lipinski definition) is 1. The van der Waals surface area contributed by atoms with Gasteiger partial charge < -0.3 is 5.32 Å². The molecule has 1 atom stereocenters. The Morgan fingerprint density at radius 1 is 1.50 bits per heavy atom. The molecule has 0 aromatic carbocycles. The van der Waals surface area contributed by atoms with Crippen LogP contribution in [0.3, 0.4) is 0 Å². The van der Waals surface area contributed by atoms with Gasteiger partial charge in [-0.25, -0.2) is 0 Å². The van der Waals surface area contributed by atoms with Gasteiger partial charge in [0, 0.05) is 19.3 Å². The number of aromatic nitrogens is 2. The maximum absolute atomic E-state index is 11.9. The molecule has 4 nitrogen and oxygen atoms in total. The minimum atomic E-state index is -0.157. The Balaban J connectivity index is 2.51. The van der Waals surface area contributed by atoms with E-state index in [1.165, 1.54) is 0 Å². The van der Waals surface area contributed by atoms with Gasteiger partial charge in [-0.05, 0) is 18.9 Å². The summed E-state index contributed by atoms with van der Waals surface area (Å²) in [7, 11) is 1.82. The smallest absolute Gasteiger partial charge is 0.271 e. The monoisotopic (exact) mass is 271 g/mol. The number of alkyl halides is 1. The molecular formula is C13H22ClN3O. The van der Waals surface area contributed by atoms with Crippen LogP contribution in [0.5, 0.6) is 0 Å². The van der Waals surface area contributed by atoms with Gasteiger partial charge in [0.1, 0.15) is 5.69 Å². The molecule has 0 fully saturated rings. The zero-order chi connectivity index (χ0) is 13.7. The summed E-state index contributed by atoms with van der Waals surface area (Å²) in [4.78, 5) is 11.9. The zero-order valence-electron chi connectivity index (χ0n) is 11.5. The summed E-state index contributed by atoms with van der Waals surface area (Å²) in [6.07, 6.45) is 2.06. The second-order valence-electron chi connectivity index (χ2n) is 4.60. The molecule has 0 aliphatic heterocycles. The van der Waals surface area contributed by atoms with Crippen molar-refractivity contribution in [2.75, 3.05) is 6.54 Å². The Labute approximate surface area is 114 Å². The molecule has 1 unspecified atom stereocenters. The van der Waals surface area contributed by atoms with E-state index in [0.29, 0.717) is 18.2 Å². The summed E-state index contributed by atoms with van der Waals surface area (Å²) in [6, 6.07) is 1.77. The maximum Gasteiger partial charge on any atom is 0.271 e. The largest absolute Gasteiger partial charge is 0.349 e. The molecule has 1 amide bonds. The fraction of sp³-hybridized carbons (Fsp3) is 0.692. The third-order valence-electron chi connectivity index (χ3n) is 3.36. The van der Waals surface area contributed by atoms with Crippen molar-refractivity contribution < 1.29 is 4.79 Å². The van der Waals surface area contributed by atoms with Crippen LogP contribution in [0.2, 0.25) is 0 Å². The molecule has 5 heteroatoms. The maximum atomic E-state index is 11.9. The molecule has 18 heavy (non-hydrogen) atoms. The minimum Gasteiger partial charge on any atom is -0.349 e. The summed E-state index contributed by atoms with van der Waals surface area (Å²) in [6.45, 7) is 6.64. The van der Waals surface area contributed by atoms with Gasteiger partial charge >= 0.3 is 0 Å². The highest BCUT2D eigenvalue weighted by atomic mass is 35.5. The van der Waals surface area contributed by atoms with Crippen LogP contribution >= 0.6 is 11.6 Å². The molecule has 102 valence electrons. The third kappa shape index (κ3) is 3.73. The first kappa shape index (κ1) is 15.0. The highest BCUT2D eigenvalue weighted by Gasteiger charge is 2.18. The quantitative estimate of drug-likeness (QED) is 0.808. The van der Waals surface area contributed by atoms with Gasteiger partial charge in [-0.1, -0.05) is 26.7 Å². The van der Waals surface area contributed by atoms with Crippen LogP contribution in [-0.4, -0.2) is 27.6 Å². The molecule has 0 spiro atoms. The predicted molar refractivity (Wildman–Crippen MR) is 74.0 cm³/mol. The van der Waals surface area contributed by atoms with Crippen molar-refractivity contribution >= 4 is 17.5 Å². The van der Waals surface area contributed by atoms with E-state index in [2.05, 4.69) is 24.3 Å². The molecule has 1 aromatic rings. The van der Waals surface area contributed by atoms with E-state index in [1.54, 1.807) is 10.7 Å². The summed E-state index contributed by atoms with van der Waals surface area (Å²) >= 11 is 6.27. The van der Waals surface area contributed by atoms with Gasteiger partial charge in [0.25, 0.3) is 5.91 Å². The number of hydrogen-bond acceptors (Lipinski definition) is 2. The second kappa shape index (κ2) is 6.78. The lowest BCUT2D eigenvalue weighted by molar-refractivity contribution is 0.0946. The van der Waals surface area contributed by atoms with Crippen LogP contribution in [0.15, 0.2) is 6.07 Å². The van der Waals surface area contributed by atoms with Crippen molar-refractivity contribution in [3.8, 4) is 0 Å². The summed E-state index contributed by atoms with van der Waals surface area (Å²) < 4.78 is 1.69. The highest BCUT2D eigenvalue weighted by molar-refractivity contribution is 6.21. The number of carbonyl (C=O) groups excluding carboxylic acids is 1.